The molecule has 2 aromatic carbocycles. The van der Waals surface area contributed by atoms with Gasteiger partial charge in [-0.1, -0.05) is 42.5 Å². The number of nitrogen functional groups attached to an aromatic ring is 1. The van der Waals surface area contributed by atoms with Crippen LogP contribution in [0.5, 0.6) is 0 Å². The minimum Gasteiger partial charge on any atom is -0.383 e. The molecule has 6 nitrogen and oxygen atoms in total. The van der Waals surface area contributed by atoms with Crippen molar-refractivity contribution in [2.24, 2.45) is 0 Å². The Hall–Kier alpha value is -3.48. The van der Waals surface area contributed by atoms with Gasteiger partial charge in [-0.05, 0) is 17.7 Å². The first-order valence-corrected chi connectivity index (χ1v) is 7.76. The summed E-state index contributed by atoms with van der Waals surface area (Å²) in [7, 11) is 0. The van der Waals surface area contributed by atoms with Crippen LogP contribution in [0, 0.1) is 5.82 Å². The fraction of sp³-hybridized carbons (Fsp3) is 0.0556. The number of hydrogen-bond donors (Lipinski definition) is 3. The molecular weight excluding hydrogens is 319 g/mol. The van der Waals surface area contributed by atoms with Crippen LogP contribution in [0.4, 0.5) is 16.0 Å². The first kappa shape index (κ1) is 15.1. The van der Waals surface area contributed by atoms with Gasteiger partial charge in [-0.15, -0.1) is 0 Å². The summed E-state index contributed by atoms with van der Waals surface area (Å²) in [6, 6.07) is 15.9. The highest BCUT2D eigenvalue weighted by Crippen LogP contribution is 2.27. The van der Waals surface area contributed by atoms with E-state index in [-0.39, 0.29) is 5.82 Å². The van der Waals surface area contributed by atoms with Gasteiger partial charge in [0.1, 0.15) is 17.0 Å². The zero-order chi connectivity index (χ0) is 17.2. The molecular formula is C18H15FN6. The summed E-state index contributed by atoms with van der Waals surface area (Å²) in [5.41, 5.74) is 8.50. The predicted octanol–water partition coefficient (Wildman–Crippen LogP) is 3.35. The summed E-state index contributed by atoms with van der Waals surface area (Å²) < 4.78 is 13.0. The third-order valence-electron chi connectivity index (χ3n) is 3.85. The molecule has 0 aliphatic carbocycles. The van der Waals surface area contributed by atoms with Crippen molar-refractivity contribution in [2.75, 3.05) is 11.1 Å². The number of hydrogen-bond acceptors (Lipinski definition) is 5. The lowest BCUT2D eigenvalue weighted by molar-refractivity contribution is 0.627. The van der Waals surface area contributed by atoms with Crippen molar-refractivity contribution in [1.82, 2.24) is 20.2 Å². The Bertz CT molecular complexity index is 1010. The van der Waals surface area contributed by atoms with Crippen LogP contribution in [0.1, 0.15) is 5.56 Å². The normalized spacial score (nSPS) is 10.9. The maximum absolute atomic E-state index is 13.0. The molecule has 2 heterocycles. The molecule has 0 spiro atoms. The van der Waals surface area contributed by atoms with E-state index in [1.165, 1.54) is 12.1 Å². The first-order chi connectivity index (χ1) is 12.2. The molecule has 4 rings (SSSR count). The molecule has 4 N–H and O–H groups in total. The average Bonchev–Trinajstić information content (AvgIpc) is 3.06. The number of anilines is 2. The van der Waals surface area contributed by atoms with Crippen molar-refractivity contribution in [1.29, 1.82) is 0 Å². The molecule has 4 aromatic rings. The SMILES string of the molecule is Nc1nc(-c2ccccc2)nc2[nH]nc(NCc3ccc(F)cc3)c12. The lowest BCUT2D eigenvalue weighted by Gasteiger charge is -2.06. The van der Waals surface area contributed by atoms with Gasteiger partial charge in [-0.25, -0.2) is 14.4 Å². The first-order valence-electron chi connectivity index (χ1n) is 7.76. The third kappa shape index (κ3) is 2.99. The molecule has 0 saturated heterocycles. The molecule has 0 fully saturated rings. The Kier molecular flexibility index (Phi) is 3.74. The molecule has 0 aliphatic rings. The van der Waals surface area contributed by atoms with E-state index in [9.17, 15) is 4.39 Å². The lowest BCUT2D eigenvalue weighted by Crippen LogP contribution is -2.02. The quantitative estimate of drug-likeness (QED) is 0.532. The summed E-state index contributed by atoms with van der Waals surface area (Å²) in [5.74, 6) is 1.19. The van der Waals surface area contributed by atoms with Crippen LogP contribution < -0.4 is 11.1 Å². The number of halogens is 1. The molecule has 0 aliphatic heterocycles. The van der Waals surface area contributed by atoms with Crippen molar-refractivity contribution in [2.45, 2.75) is 6.54 Å². The maximum Gasteiger partial charge on any atom is 0.163 e. The molecule has 0 saturated carbocycles. The summed E-state index contributed by atoms with van der Waals surface area (Å²) in [6.45, 7) is 0.486. The minimum absolute atomic E-state index is 0.264. The van der Waals surface area contributed by atoms with Gasteiger partial charge in [0.2, 0.25) is 0 Å². The van der Waals surface area contributed by atoms with Gasteiger partial charge in [-0.2, -0.15) is 5.10 Å². The van der Waals surface area contributed by atoms with Gasteiger partial charge >= 0.3 is 0 Å². The van der Waals surface area contributed by atoms with E-state index in [1.54, 1.807) is 12.1 Å². The van der Waals surface area contributed by atoms with Gasteiger partial charge in [0.15, 0.2) is 17.3 Å². The molecule has 0 bridgehead atoms. The molecule has 0 atom stereocenters. The van der Waals surface area contributed by atoms with E-state index < -0.39 is 0 Å². The van der Waals surface area contributed by atoms with Gasteiger partial charge in [0.05, 0.1) is 0 Å². The fourth-order valence-corrected chi connectivity index (χ4v) is 2.59. The highest BCUT2D eigenvalue weighted by Gasteiger charge is 2.14. The fourth-order valence-electron chi connectivity index (χ4n) is 2.59. The number of H-pyrrole nitrogens is 1. The highest BCUT2D eigenvalue weighted by atomic mass is 19.1. The smallest absolute Gasteiger partial charge is 0.163 e. The summed E-state index contributed by atoms with van der Waals surface area (Å²) in [6.07, 6.45) is 0. The van der Waals surface area contributed by atoms with Crippen LogP contribution in [0.15, 0.2) is 54.6 Å². The number of fused-ring (bicyclic) bond motifs is 1. The Morgan fingerprint density at radius 3 is 2.52 bits per heavy atom. The van der Waals surface area contributed by atoms with Gasteiger partial charge in [-0.3, -0.25) is 5.10 Å². The number of nitrogens with one attached hydrogen (secondary N) is 2. The zero-order valence-corrected chi connectivity index (χ0v) is 13.2. The third-order valence-corrected chi connectivity index (χ3v) is 3.85. The number of aromatic amines is 1. The summed E-state index contributed by atoms with van der Waals surface area (Å²) in [5, 5.41) is 10.9. The summed E-state index contributed by atoms with van der Waals surface area (Å²) in [4.78, 5) is 8.88. The monoisotopic (exact) mass is 334 g/mol. The number of nitrogens with two attached hydrogens (primary N) is 1. The highest BCUT2D eigenvalue weighted by molar-refractivity contribution is 5.96. The molecule has 0 amide bonds. The molecule has 25 heavy (non-hydrogen) atoms. The van der Waals surface area contributed by atoms with E-state index >= 15 is 0 Å². The standard InChI is InChI=1S/C18H15FN6/c19-13-8-6-11(7-9-13)10-21-17-14-15(20)22-16(23-18(14)25-24-17)12-4-2-1-3-5-12/h1-9H,10H2,(H4,20,21,22,23,24,25). The van der Waals surface area contributed by atoms with Crippen LogP contribution >= 0.6 is 0 Å². The molecule has 124 valence electrons. The Balaban J connectivity index is 1.64. The van der Waals surface area contributed by atoms with Crippen molar-refractivity contribution in [3.8, 4) is 11.4 Å². The second-order valence-corrected chi connectivity index (χ2v) is 5.57. The van der Waals surface area contributed by atoms with Crippen LogP contribution in [0.3, 0.4) is 0 Å². The number of nitrogens with zero attached hydrogens (tertiary/aromatic N) is 3. The minimum atomic E-state index is -0.264. The van der Waals surface area contributed by atoms with E-state index in [0.717, 1.165) is 11.1 Å². The maximum atomic E-state index is 13.0. The number of aromatic nitrogens is 4. The average molecular weight is 334 g/mol. The van der Waals surface area contributed by atoms with Crippen LogP contribution in [0.2, 0.25) is 0 Å². The second kappa shape index (κ2) is 6.20. The number of benzene rings is 2. The topological polar surface area (TPSA) is 92.5 Å². The molecule has 2 aromatic heterocycles. The van der Waals surface area contributed by atoms with E-state index in [1.807, 2.05) is 30.3 Å². The van der Waals surface area contributed by atoms with Gasteiger partial charge in [0, 0.05) is 12.1 Å². The van der Waals surface area contributed by atoms with E-state index in [2.05, 4.69) is 25.5 Å². The molecule has 0 unspecified atom stereocenters. The summed E-state index contributed by atoms with van der Waals surface area (Å²) >= 11 is 0. The van der Waals surface area contributed by atoms with Crippen molar-refractivity contribution in [3.05, 3.63) is 66.0 Å². The van der Waals surface area contributed by atoms with E-state index in [0.29, 0.717) is 35.0 Å². The van der Waals surface area contributed by atoms with Crippen LogP contribution in [-0.2, 0) is 6.54 Å². The van der Waals surface area contributed by atoms with Crippen molar-refractivity contribution in [3.63, 3.8) is 0 Å². The number of rotatable bonds is 4. The van der Waals surface area contributed by atoms with Gasteiger partial charge in [0.25, 0.3) is 0 Å². The predicted molar refractivity (Wildman–Crippen MR) is 95.3 cm³/mol. The Morgan fingerprint density at radius 1 is 1.00 bits per heavy atom. The van der Waals surface area contributed by atoms with E-state index in [4.69, 9.17) is 5.73 Å². The van der Waals surface area contributed by atoms with Crippen molar-refractivity contribution < 1.29 is 4.39 Å². The zero-order valence-electron chi connectivity index (χ0n) is 13.2. The second-order valence-electron chi connectivity index (χ2n) is 5.57. The lowest BCUT2D eigenvalue weighted by atomic mass is 10.2. The van der Waals surface area contributed by atoms with Crippen molar-refractivity contribution >= 4 is 22.7 Å². The van der Waals surface area contributed by atoms with Crippen LogP contribution in [0.25, 0.3) is 22.4 Å². The van der Waals surface area contributed by atoms with Crippen LogP contribution in [-0.4, -0.2) is 20.2 Å². The molecule has 7 heteroatoms. The van der Waals surface area contributed by atoms with Gasteiger partial charge < -0.3 is 11.1 Å². The largest absolute Gasteiger partial charge is 0.383 e. The molecule has 0 radical (unpaired) electrons. The Morgan fingerprint density at radius 2 is 1.76 bits per heavy atom. The Labute approximate surface area is 142 Å².